The monoisotopic (exact) mass is 443 g/mol. The molecular formula is C24H29NO5S. The van der Waals surface area contributed by atoms with Gasteiger partial charge in [0.2, 0.25) is 0 Å². The predicted molar refractivity (Wildman–Crippen MR) is 121 cm³/mol. The van der Waals surface area contributed by atoms with E-state index < -0.39 is 20.5 Å². The zero-order valence-electron chi connectivity index (χ0n) is 17.8. The van der Waals surface area contributed by atoms with Gasteiger partial charge in [0, 0.05) is 6.26 Å². The average molecular weight is 444 g/mol. The Morgan fingerprint density at radius 2 is 1.65 bits per heavy atom. The van der Waals surface area contributed by atoms with Crippen LogP contribution in [0.1, 0.15) is 37.3 Å². The number of aliphatic hydroxyl groups excluding tert-OH is 1. The van der Waals surface area contributed by atoms with E-state index in [1.165, 1.54) is 12.4 Å². The molecule has 0 radical (unpaired) electrons. The van der Waals surface area contributed by atoms with E-state index in [0.717, 1.165) is 41.4 Å². The number of hydrogen-bond acceptors (Lipinski definition) is 5. The van der Waals surface area contributed by atoms with E-state index in [0.29, 0.717) is 12.3 Å². The van der Waals surface area contributed by atoms with E-state index in [2.05, 4.69) is 36.4 Å². The first-order valence-electron chi connectivity index (χ1n) is 10.3. The Bertz CT molecular complexity index is 1040. The van der Waals surface area contributed by atoms with Crippen molar-refractivity contribution in [2.75, 3.05) is 6.26 Å². The minimum atomic E-state index is -3.70. The van der Waals surface area contributed by atoms with Crippen LogP contribution in [-0.4, -0.2) is 41.7 Å². The van der Waals surface area contributed by atoms with Gasteiger partial charge in [-0.25, -0.2) is 13.9 Å². The number of carbonyl (C=O) groups is 1. The highest BCUT2D eigenvalue weighted by Gasteiger charge is 2.43. The Morgan fingerprint density at radius 3 is 2.13 bits per heavy atom. The standard InChI is InChI=1S/C24H29NO5S/c1-24(23(27)25-28,31(2,29)30)14-13-18-7-11-21(12-8-18)20-9-5-17(6-10-20)3-4-19-15-22(26)16-19/h3-12,19,22,26,28H,13-16H2,1-2H3,(H,25,27)/b4-3+. The van der Waals surface area contributed by atoms with Crippen LogP contribution in [0.3, 0.4) is 0 Å². The third kappa shape index (κ3) is 5.42. The molecule has 0 saturated heterocycles. The fraction of sp³-hybridized carbons (Fsp3) is 0.375. The third-order valence-corrected chi connectivity index (χ3v) is 8.23. The Kier molecular flexibility index (Phi) is 6.99. The summed E-state index contributed by atoms with van der Waals surface area (Å²) < 4.78 is 22.5. The minimum absolute atomic E-state index is 0.0661. The normalized spacial score (nSPS) is 20.8. The van der Waals surface area contributed by atoms with Crippen molar-refractivity contribution >= 4 is 21.8 Å². The molecule has 7 heteroatoms. The van der Waals surface area contributed by atoms with Crippen LogP contribution in [0.2, 0.25) is 0 Å². The molecule has 0 heterocycles. The fourth-order valence-corrected chi connectivity index (χ4v) is 4.51. The molecule has 1 fully saturated rings. The molecule has 1 unspecified atom stereocenters. The molecule has 31 heavy (non-hydrogen) atoms. The summed E-state index contributed by atoms with van der Waals surface area (Å²) in [5.74, 6) is -0.454. The lowest BCUT2D eigenvalue weighted by atomic mass is 9.82. The van der Waals surface area contributed by atoms with Crippen LogP contribution in [0.15, 0.2) is 54.6 Å². The van der Waals surface area contributed by atoms with Gasteiger partial charge in [-0.1, -0.05) is 60.7 Å². The van der Waals surface area contributed by atoms with Gasteiger partial charge in [-0.15, -0.1) is 0 Å². The summed E-state index contributed by atoms with van der Waals surface area (Å²) in [5, 5.41) is 18.3. The molecule has 166 valence electrons. The van der Waals surface area contributed by atoms with Gasteiger partial charge in [-0.05, 0) is 60.8 Å². The second kappa shape index (κ2) is 9.34. The van der Waals surface area contributed by atoms with Crippen LogP contribution in [-0.2, 0) is 21.1 Å². The second-order valence-electron chi connectivity index (χ2n) is 8.51. The molecule has 6 nitrogen and oxygen atoms in total. The number of hydroxylamine groups is 1. The molecule has 1 amide bonds. The van der Waals surface area contributed by atoms with Crippen molar-refractivity contribution in [3.05, 3.63) is 65.7 Å². The summed E-state index contributed by atoms with van der Waals surface area (Å²) in [4.78, 5) is 11.9. The first kappa shape index (κ1) is 23.2. The van der Waals surface area contributed by atoms with E-state index in [9.17, 15) is 18.3 Å². The number of carbonyl (C=O) groups excluding carboxylic acids is 1. The van der Waals surface area contributed by atoms with Gasteiger partial charge in [0.25, 0.3) is 5.91 Å². The number of allylic oxidation sites excluding steroid dienone is 1. The number of sulfone groups is 1. The van der Waals surface area contributed by atoms with Crippen LogP contribution in [0.4, 0.5) is 0 Å². The van der Waals surface area contributed by atoms with E-state index in [1.54, 1.807) is 0 Å². The number of nitrogens with one attached hydrogen (secondary N) is 1. The maximum absolute atomic E-state index is 12.1. The Labute approximate surface area is 183 Å². The van der Waals surface area contributed by atoms with Gasteiger partial charge in [-0.3, -0.25) is 10.0 Å². The maximum atomic E-state index is 12.1. The van der Waals surface area contributed by atoms with E-state index in [-0.39, 0.29) is 12.5 Å². The molecule has 3 N–H and O–H groups in total. The number of amides is 1. The summed E-state index contributed by atoms with van der Waals surface area (Å²) >= 11 is 0. The minimum Gasteiger partial charge on any atom is -0.393 e. The van der Waals surface area contributed by atoms with Crippen molar-refractivity contribution in [2.24, 2.45) is 5.92 Å². The van der Waals surface area contributed by atoms with Gasteiger partial charge in [0.15, 0.2) is 9.84 Å². The molecule has 1 aliphatic carbocycles. The number of aryl methyl sites for hydroxylation is 1. The number of benzene rings is 2. The van der Waals surface area contributed by atoms with Crippen LogP contribution in [0.25, 0.3) is 17.2 Å². The molecule has 2 aromatic carbocycles. The molecule has 0 aromatic heterocycles. The largest absolute Gasteiger partial charge is 0.393 e. The van der Waals surface area contributed by atoms with E-state index >= 15 is 0 Å². The van der Waals surface area contributed by atoms with Gasteiger partial charge < -0.3 is 5.11 Å². The quantitative estimate of drug-likeness (QED) is 0.429. The van der Waals surface area contributed by atoms with Gasteiger partial charge in [0.05, 0.1) is 6.10 Å². The zero-order chi connectivity index (χ0) is 22.6. The topological polar surface area (TPSA) is 104 Å². The average Bonchev–Trinajstić information content (AvgIpc) is 2.73. The smallest absolute Gasteiger partial charge is 0.264 e. The summed E-state index contributed by atoms with van der Waals surface area (Å²) in [6, 6.07) is 16.0. The first-order valence-corrected chi connectivity index (χ1v) is 12.2. The Balaban J connectivity index is 1.64. The zero-order valence-corrected chi connectivity index (χ0v) is 18.6. The summed E-state index contributed by atoms with van der Waals surface area (Å²) in [5.41, 5.74) is 5.61. The summed E-state index contributed by atoms with van der Waals surface area (Å²) in [6.07, 6.45) is 7.23. The van der Waals surface area contributed by atoms with E-state index in [1.807, 2.05) is 24.3 Å². The predicted octanol–water partition coefficient (Wildman–Crippen LogP) is 3.38. The van der Waals surface area contributed by atoms with Crippen LogP contribution < -0.4 is 5.48 Å². The van der Waals surface area contributed by atoms with Crippen molar-refractivity contribution in [1.82, 2.24) is 5.48 Å². The molecule has 1 aliphatic rings. The van der Waals surface area contributed by atoms with Gasteiger partial charge in [0.1, 0.15) is 4.75 Å². The number of hydrogen-bond donors (Lipinski definition) is 3. The summed E-state index contributed by atoms with van der Waals surface area (Å²) in [6.45, 7) is 1.32. The molecule has 1 atom stereocenters. The highest BCUT2D eigenvalue weighted by atomic mass is 32.2. The SMILES string of the molecule is CC(CCc1ccc(-c2ccc(/C=C/C3CC(O)C3)cc2)cc1)(C(=O)NO)S(C)(=O)=O. The molecule has 0 spiro atoms. The van der Waals surface area contributed by atoms with Gasteiger partial charge >= 0.3 is 0 Å². The van der Waals surface area contributed by atoms with Gasteiger partial charge in [-0.2, -0.15) is 0 Å². The molecule has 2 aromatic rings. The molecule has 0 aliphatic heterocycles. The maximum Gasteiger partial charge on any atom is 0.264 e. The Morgan fingerprint density at radius 1 is 1.10 bits per heavy atom. The van der Waals surface area contributed by atoms with Crippen LogP contribution in [0, 0.1) is 5.92 Å². The van der Waals surface area contributed by atoms with Crippen LogP contribution >= 0.6 is 0 Å². The molecule has 3 rings (SSSR count). The Hall–Kier alpha value is -2.48. The fourth-order valence-electron chi connectivity index (χ4n) is 3.65. The van der Waals surface area contributed by atoms with Crippen LogP contribution in [0.5, 0.6) is 0 Å². The highest BCUT2D eigenvalue weighted by molar-refractivity contribution is 7.92. The highest BCUT2D eigenvalue weighted by Crippen LogP contribution is 2.29. The number of aliphatic hydroxyl groups is 1. The second-order valence-corrected chi connectivity index (χ2v) is 11.0. The van der Waals surface area contributed by atoms with Crippen molar-refractivity contribution in [3.63, 3.8) is 0 Å². The molecular weight excluding hydrogens is 414 g/mol. The van der Waals surface area contributed by atoms with Crippen molar-refractivity contribution < 1.29 is 23.5 Å². The first-order chi connectivity index (χ1) is 14.6. The molecule has 0 bridgehead atoms. The lowest BCUT2D eigenvalue weighted by molar-refractivity contribution is -0.131. The molecule has 1 saturated carbocycles. The lowest BCUT2D eigenvalue weighted by Gasteiger charge is -2.28. The van der Waals surface area contributed by atoms with E-state index in [4.69, 9.17) is 5.21 Å². The van der Waals surface area contributed by atoms with Crippen molar-refractivity contribution in [1.29, 1.82) is 0 Å². The number of rotatable bonds is 8. The third-order valence-electron chi connectivity index (χ3n) is 6.20. The lowest BCUT2D eigenvalue weighted by Crippen LogP contribution is -2.49. The van der Waals surface area contributed by atoms with Crippen molar-refractivity contribution in [3.8, 4) is 11.1 Å². The van der Waals surface area contributed by atoms with Crippen molar-refractivity contribution in [2.45, 2.75) is 43.5 Å². The summed E-state index contributed by atoms with van der Waals surface area (Å²) in [7, 11) is -3.70.